The van der Waals surface area contributed by atoms with Crippen LogP contribution in [0.1, 0.15) is 5.56 Å². The lowest BCUT2D eigenvalue weighted by molar-refractivity contribution is 1.11. The molecule has 0 unspecified atom stereocenters. The Labute approximate surface area is 73.3 Å². The van der Waals surface area contributed by atoms with Gasteiger partial charge in [-0.05, 0) is 30.0 Å². The largest absolute Gasteiger partial charge is 0.394 e. The third kappa shape index (κ3) is 2.31. The van der Waals surface area contributed by atoms with E-state index in [-0.39, 0.29) is 0 Å². The van der Waals surface area contributed by atoms with E-state index < -0.39 is 0 Å². The molecule has 0 bridgehead atoms. The van der Waals surface area contributed by atoms with Crippen LogP contribution in [0.25, 0.3) is 6.08 Å². The standard InChI is InChI=1S/C10H14N2/c1-11-8-7-9-3-5-10(12-2)6-4-9/h3-8,11-12H,1-2H3. The lowest BCUT2D eigenvalue weighted by Gasteiger charge is -1.99. The van der Waals surface area contributed by atoms with Gasteiger partial charge in [-0.1, -0.05) is 12.1 Å². The van der Waals surface area contributed by atoms with E-state index in [0.717, 1.165) is 5.69 Å². The van der Waals surface area contributed by atoms with Gasteiger partial charge in [-0.15, -0.1) is 0 Å². The lowest BCUT2D eigenvalue weighted by atomic mass is 10.2. The highest BCUT2D eigenvalue weighted by Crippen LogP contribution is 2.09. The Morgan fingerprint density at radius 2 is 1.75 bits per heavy atom. The molecule has 0 spiro atoms. The number of hydrogen-bond donors (Lipinski definition) is 2. The van der Waals surface area contributed by atoms with Gasteiger partial charge in [0.05, 0.1) is 0 Å². The van der Waals surface area contributed by atoms with Crippen molar-refractivity contribution in [1.82, 2.24) is 5.32 Å². The van der Waals surface area contributed by atoms with Gasteiger partial charge < -0.3 is 10.6 Å². The number of rotatable bonds is 3. The number of anilines is 1. The molecule has 2 N–H and O–H groups in total. The van der Waals surface area contributed by atoms with Crippen molar-refractivity contribution in [3.63, 3.8) is 0 Å². The first-order valence-electron chi connectivity index (χ1n) is 3.98. The first kappa shape index (κ1) is 8.65. The van der Waals surface area contributed by atoms with Gasteiger partial charge in [0.1, 0.15) is 0 Å². The van der Waals surface area contributed by atoms with Gasteiger partial charge in [-0.25, -0.2) is 0 Å². The molecule has 2 heteroatoms. The summed E-state index contributed by atoms with van der Waals surface area (Å²) >= 11 is 0. The zero-order chi connectivity index (χ0) is 8.81. The van der Waals surface area contributed by atoms with Crippen molar-refractivity contribution in [2.24, 2.45) is 0 Å². The minimum atomic E-state index is 1.14. The summed E-state index contributed by atoms with van der Waals surface area (Å²) in [5, 5.41) is 6.02. The summed E-state index contributed by atoms with van der Waals surface area (Å²) in [6, 6.07) is 8.24. The zero-order valence-electron chi connectivity index (χ0n) is 7.46. The van der Waals surface area contributed by atoms with Gasteiger partial charge in [0.25, 0.3) is 0 Å². The van der Waals surface area contributed by atoms with E-state index in [9.17, 15) is 0 Å². The van der Waals surface area contributed by atoms with Crippen LogP contribution in [0.2, 0.25) is 0 Å². The normalized spacial score (nSPS) is 10.2. The molecular weight excluding hydrogens is 148 g/mol. The third-order valence-electron chi connectivity index (χ3n) is 1.64. The van der Waals surface area contributed by atoms with Crippen LogP contribution in [0.15, 0.2) is 30.5 Å². The second-order valence-corrected chi connectivity index (χ2v) is 2.49. The summed E-state index contributed by atoms with van der Waals surface area (Å²) in [5.74, 6) is 0. The van der Waals surface area contributed by atoms with Gasteiger partial charge in [0.2, 0.25) is 0 Å². The number of nitrogens with one attached hydrogen (secondary N) is 2. The molecule has 0 saturated heterocycles. The Hall–Kier alpha value is -1.44. The van der Waals surface area contributed by atoms with Gasteiger partial charge >= 0.3 is 0 Å². The molecule has 0 aliphatic rings. The molecule has 0 fully saturated rings. The van der Waals surface area contributed by atoms with Crippen molar-refractivity contribution in [2.75, 3.05) is 19.4 Å². The fourth-order valence-corrected chi connectivity index (χ4v) is 0.940. The molecule has 0 atom stereocenters. The van der Waals surface area contributed by atoms with Crippen molar-refractivity contribution >= 4 is 11.8 Å². The molecule has 1 aromatic rings. The van der Waals surface area contributed by atoms with Crippen LogP contribution in [0.5, 0.6) is 0 Å². The minimum absolute atomic E-state index is 1.14. The Bertz CT molecular complexity index is 249. The zero-order valence-corrected chi connectivity index (χ0v) is 7.46. The quantitative estimate of drug-likeness (QED) is 0.709. The van der Waals surface area contributed by atoms with Crippen LogP contribution in [-0.2, 0) is 0 Å². The molecule has 64 valence electrons. The molecule has 0 radical (unpaired) electrons. The van der Waals surface area contributed by atoms with E-state index in [1.807, 2.05) is 26.4 Å². The molecule has 0 saturated carbocycles. The maximum absolute atomic E-state index is 3.07. The van der Waals surface area contributed by atoms with Crippen molar-refractivity contribution in [3.05, 3.63) is 36.0 Å². The Morgan fingerprint density at radius 1 is 1.08 bits per heavy atom. The van der Waals surface area contributed by atoms with Crippen LogP contribution in [0.3, 0.4) is 0 Å². The van der Waals surface area contributed by atoms with Gasteiger partial charge in [0, 0.05) is 19.8 Å². The van der Waals surface area contributed by atoms with Crippen molar-refractivity contribution in [2.45, 2.75) is 0 Å². The van der Waals surface area contributed by atoms with Crippen LogP contribution in [0, 0.1) is 0 Å². The first-order chi connectivity index (χ1) is 5.86. The molecule has 2 nitrogen and oxygen atoms in total. The first-order valence-corrected chi connectivity index (χ1v) is 3.98. The number of benzene rings is 1. The summed E-state index contributed by atoms with van der Waals surface area (Å²) in [6.45, 7) is 0. The maximum atomic E-state index is 3.07. The molecule has 1 aromatic carbocycles. The van der Waals surface area contributed by atoms with Crippen LogP contribution < -0.4 is 10.6 Å². The molecule has 0 aliphatic carbocycles. The Morgan fingerprint density at radius 3 is 2.25 bits per heavy atom. The van der Waals surface area contributed by atoms with E-state index in [4.69, 9.17) is 0 Å². The molecule has 0 heterocycles. The fourth-order valence-electron chi connectivity index (χ4n) is 0.940. The smallest absolute Gasteiger partial charge is 0.0337 e. The summed E-state index contributed by atoms with van der Waals surface area (Å²) in [5.41, 5.74) is 2.33. The molecule has 1 rings (SSSR count). The van der Waals surface area contributed by atoms with Crippen molar-refractivity contribution < 1.29 is 0 Å². The average molecular weight is 162 g/mol. The highest BCUT2D eigenvalue weighted by atomic mass is 14.8. The van der Waals surface area contributed by atoms with Gasteiger partial charge in [0.15, 0.2) is 0 Å². The second-order valence-electron chi connectivity index (χ2n) is 2.49. The van der Waals surface area contributed by atoms with Crippen LogP contribution >= 0.6 is 0 Å². The Balaban J connectivity index is 2.71. The minimum Gasteiger partial charge on any atom is -0.394 e. The average Bonchev–Trinajstić information content (AvgIpc) is 2.15. The third-order valence-corrected chi connectivity index (χ3v) is 1.64. The van der Waals surface area contributed by atoms with E-state index in [1.54, 1.807) is 0 Å². The highest BCUT2D eigenvalue weighted by molar-refractivity contribution is 5.54. The lowest BCUT2D eigenvalue weighted by Crippen LogP contribution is -1.91. The monoisotopic (exact) mass is 162 g/mol. The molecule has 0 amide bonds. The predicted molar refractivity (Wildman–Crippen MR) is 54.1 cm³/mol. The van der Waals surface area contributed by atoms with E-state index >= 15 is 0 Å². The van der Waals surface area contributed by atoms with Crippen molar-refractivity contribution in [1.29, 1.82) is 0 Å². The highest BCUT2D eigenvalue weighted by Gasteiger charge is 1.86. The molecule has 0 aromatic heterocycles. The molecule has 0 aliphatic heterocycles. The molecular formula is C10H14N2. The summed E-state index contributed by atoms with van der Waals surface area (Å²) in [4.78, 5) is 0. The fraction of sp³-hybridized carbons (Fsp3) is 0.200. The van der Waals surface area contributed by atoms with Gasteiger partial charge in [-0.2, -0.15) is 0 Å². The number of hydrogen-bond acceptors (Lipinski definition) is 2. The van der Waals surface area contributed by atoms with Crippen molar-refractivity contribution in [3.8, 4) is 0 Å². The summed E-state index contributed by atoms with van der Waals surface area (Å²) < 4.78 is 0. The predicted octanol–water partition coefficient (Wildman–Crippen LogP) is 1.92. The topological polar surface area (TPSA) is 24.1 Å². The Kier molecular flexibility index (Phi) is 3.20. The van der Waals surface area contributed by atoms with E-state index in [1.165, 1.54) is 5.56 Å². The summed E-state index contributed by atoms with van der Waals surface area (Å²) in [6.07, 6.45) is 3.94. The van der Waals surface area contributed by atoms with Crippen LogP contribution in [0.4, 0.5) is 5.69 Å². The van der Waals surface area contributed by atoms with E-state index in [0.29, 0.717) is 0 Å². The summed E-state index contributed by atoms with van der Waals surface area (Å²) in [7, 11) is 3.80. The van der Waals surface area contributed by atoms with Gasteiger partial charge in [-0.3, -0.25) is 0 Å². The van der Waals surface area contributed by atoms with Crippen LogP contribution in [-0.4, -0.2) is 14.1 Å². The molecule has 12 heavy (non-hydrogen) atoms. The van der Waals surface area contributed by atoms with E-state index in [2.05, 4.69) is 34.9 Å². The second kappa shape index (κ2) is 4.44. The maximum Gasteiger partial charge on any atom is 0.0337 e. The SMILES string of the molecule is CNC=Cc1ccc(NC)cc1.